The van der Waals surface area contributed by atoms with Crippen LogP contribution in [0.4, 0.5) is 4.79 Å². The topological polar surface area (TPSA) is 152 Å². The number of nitrogens with zero attached hydrogens (tertiary/aromatic N) is 2. The van der Waals surface area contributed by atoms with Crippen LogP contribution in [0.2, 0.25) is 5.02 Å². The minimum atomic E-state index is -1.44. The van der Waals surface area contributed by atoms with Crippen LogP contribution in [0, 0.1) is 5.92 Å². The molecule has 3 amide bonds. The van der Waals surface area contributed by atoms with Crippen LogP contribution in [0.25, 0.3) is 0 Å². The minimum Gasteiger partial charge on any atom is -0.479 e. The summed E-state index contributed by atoms with van der Waals surface area (Å²) in [6, 6.07) is 3.60. The van der Waals surface area contributed by atoms with Crippen LogP contribution in [0.15, 0.2) is 30.4 Å². The SMILES string of the molecule is N[C@H]1CCCOC/C=C\[C@@H]2C[C@@]2(C(=O)O)NC(=O)[C@@H]2C[C@@H](OC(=O)N3Cc4cccc(Cl)c4C3)CN2C1=O. The van der Waals surface area contributed by atoms with Gasteiger partial charge in [0.1, 0.15) is 17.7 Å². The summed E-state index contributed by atoms with van der Waals surface area (Å²) >= 11 is 6.26. The highest BCUT2D eigenvalue weighted by atomic mass is 35.5. The quantitative estimate of drug-likeness (QED) is 0.471. The van der Waals surface area contributed by atoms with Gasteiger partial charge in [0.15, 0.2) is 0 Å². The summed E-state index contributed by atoms with van der Waals surface area (Å²) in [6.45, 7) is 1.33. The van der Waals surface area contributed by atoms with E-state index in [0.717, 1.165) is 11.1 Å². The number of carboxylic acid groups (broad SMARTS) is 1. The van der Waals surface area contributed by atoms with E-state index >= 15 is 0 Å². The van der Waals surface area contributed by atoms with Gasteiger partial charge in [0.25, 0.3) is 0 Å². The number of benzene rings is 1. The number of halogens is 1. The first-order chi connectivity index (χ1) is 18.2. The number of nitrogens with one attached hydrogen (secondary N) is 1. The lowest BCUT2D eigenvalue weighted by Gasteiger charge is -2.27. The lowest BCUT2D eigenvalue weighted by molar-refractivity contribution is -0.145. The molecule has 1 saturated carbocycles. The molecule has 5 atom stereocenters. The van der Waals surface area contributed by atoms with Gasteiger partial charge in [-0.2, -0.15) is 0 Å². The van der Waals surface area contributed by atoms with Gasteiger partial charge in [-0.1, -0.05) is 35.9 Å². The van der Waals surface area contributed by atoms with Crippen LogP contribution in [-0.2, 0) is 36.9 Å². The van der Waals surface area contributed by atoms with Crippen molar-refractivity contribution in [2.75, 3.05) is 19.8 Å². The van der Waals surface area contributed by atoms with Gasteiger partial charge >= 0.3 is 12.1 Å². The third kappa shape index (κ3) is 5.10. The number of ether oxygens (including phenoxy) is 2. The van der Waals surface area contributed by atoms with E-state index in [2.05, 4.69) is 5.32 Å². The second-order valence-electron chi connectivity index (χ2n) is 10.3. The van der Waals surface area contributed by atoms with Gasteiger partial charge in [-0.15, -0.1) is 0 Å². The maximum atomic E-state index is 13.4. The Morgan fingerprint density at radius 2 is 2.08 bits per heavy atom. The van der Waals surface area contributed by atoms with Gasteiger partial charge in [-0.3, -0.25) is 14.5 Å². The number of nitrogens with two attached hydrogens (primary N) is 1. The first-order valence-electron chi connectivity index (χ1n) is 12.8. The zero-order chi connectivity index (χ0) is 27.0. The molecule has 3 heterocycles. The number of hydrogen-bond acceptors (Lipinski definition) is 7. The fourth-order valence-corrected chi connectivity index (χ4v) is 5.74. The van der Waals surface area contributed by atoms with Crippen molar-refractivity contribution < 1.29 is 33.8 Å². The molecule has 38 heavy (non-hydrogen) atoms. The highest BCUT2D eigenvalue weighted by Crippen LogP contribution is 2.45. The van der Waals surface area contributed by atoms with Crippen LogP contribution in [0.5, 0.6) is 0 Å². The first-order valence-corrected chi connectivity index (χ1v) is 13.1. The molecule has 0 spiro atoms. The number of hydrogen-bond donors (Lipinski definition) is 3. The van der Waals surface area contributed by atoms with E-state index < -0.39 is 47.6 Å². The molecule has 4 aliphatic rings. The fraction of sp³-hybridized carbons (Fsp3) is 0.538. The summed E-state index contributed by atoms with van der Waals surface area (Å²) in [7, 11) is 0. The van der Waals surface area contributed by atoms with Crippen molar-refractivity contribution in [2.24, 2.45) is 11.7 Å². The van der Waals surface area contributed by atoms with Crippen molar-refractivity contribution >= 4 is 35.5 Å². The summed E-state index contributed by atoms with van der Waals surface area (Å²) in [6.07, 6.45) is 3.32. The molecule has 0 bridgehead atoms. The zero-order valence-corrected chi connectivity index (χ0v) is 21.6. The van der Waals surface area contributed by atoms with Crippen LogP contribution in [-0.4, -0.2) is 82.3 Å². The molecule has 4 N–H and O–H groups in total. The predicted molar refractivity (Wildman–Crippen MR) is 135 cm³/mol. The van der Waals surface area contributed by atoms with Crippen LogP contribution >= 0.6 is 11.6 Å². The number of fused-ring (bicyclic) bond motifs is 3. The highest BCUT2D eigenvalue weighted by Gasteiger charge is 2.61. The molecule has 1 aromatic carbocycles. The molecular formula is C26H31ClN4O7. The molecular weight excluding hydrogens is 516 g/mol. The number of rotatable bonds is 2. The Bertz CT molecular complexity index is 1180. The first kappa shape index (κ1) is 26.5. The van der Waals surface area contributed by atoms with Crippen molar-refractivity contribution in [3.05, 3.63) is 46.5 Å². The van der Waals surface area contributed by atoms with Crippen molar-refractivity contribution in [2.45, 2.75) is 62.5 Å². The van der Waals surface area contributed by atoms with E-state index in [1.165, 1.54) is 9.80 Å². The van der Waals surface area contributed by atoms with Gasteiger partial charge in [0, 0.05) is 30.5 Å². The number of aliphatic carboxylic acids is 1. The van der Waals surface area contributed by atoms with E-state index in [1.54, 1.807) is 18.2 Å². The molecule has 0 aromatic heterocycles. The van der Waals surface area contributed by atoms with E-state index in [1.807, 2.05) is 12.1 Å². The number of carbonyl (C=O) groups excluding carboxylic acids is 3. The third-order valence-corrected chi connectivity index (χ3v) is 8.10. The lowest BCUT2D eigenvalue weighted by Crippen LogP contribution is -2.55. The van der Waals surface area contributed by atoms with Gasteiger partial charge in [0.2, 0.25) is 11.8 Å². The van der Waals surface area contributed by atoms with Crippen molar-refractivity contribution in [1.82, 2.24) is 15.1 Å². The zero-order valence-electron chi connectivity index (χ0n) is 20.8. The minimum absolute atomic E-state index is 0.0161. The van der Waals surface area contributed by atoms with Gasteiger partial charge < -0.3 is 30.5 Å². The lowest BCUT2D eigenvalue weighted by atomic mass is 10.1. The second-order valence-corrected chi connectivity index (χ2v) is 10.7. The van der Waals surface area contributed by atoms with E-state index in [0.29, 0.717) is 44.2 Å². The fourth-order valence-electron chi connectivity index (χ4n) is 5.48. The number of amides is 3. The molecule has 12 heteroatoms. The Hall–Kier alpha value is -3.15. The Kier molecular flexibility index (Phi) is 7.34. The summed E-state index contributed by atoms with van der Waals surface area (Å²) < 4.78 is 11.3. The molecule has 0 unspecified atom stereocenters. The van der Waals surface area contributed by atoms with Crippen molar-refractivity contribution in [3.8, 4) is 0 Å². The van der Waals surface area contributed by atoms with Crippen molar-refractivity contribution in [3.63, 3.8) is 0 Å². The molecule has 1 saturated heterocycles. The van der Waals surface area contributed by atoms with Crippen LogP contribution in [0.3, 0.4) is 0 Å². The molecule has 5 rings (SSSR count). The summed E-state index contributed by atoms with van der Waals surface area (Å²) in [5.74, 6) is -2.58. The summed E-state index contributed by atoms with van der Waals surface area (Å²) in [5, 5.41) is 13.1. The second kappa shape index (κ2) is 10.5. The van der Waals surface area contributed by atoms with E-state index in [4.69, 9.17) is 26.8 Å². The average Bonchev–Trinajstić information content (AvgIpc) is 3.21. The molecule has 1 aliphatic carbocycles. The molecule has 11 nitrogen and oxygen atoms in total. The average molecular weight is 547 g/mol. The number of carbonyl (C=O) groups is 4. The maximum absolute atomic E-state index is 13.4. The summed E-state index contributed by atoms with van der Waals surface area (Å²) in [5.41, 5.74) is 6.52. The highest BCUT2D eigenvalue weighted by molar-refractivity contribution is 6.31. The molecule has 0 radical (unpaired) electrons. The van der Waals surface area contributed by atoms with Crippen LogP contribution in [0.1, 0.15) is 36.8 Å². The Labute approximate surface area is 224 Å². The Morgan fingerprint density at radius 1 is 1.26 bits per heavy atom. The normalized spacial score (nSPS) is 32.3. The van der Waals surface area contributed by atoms with Crippen LogP contribution < -0.4 is 11.1 Å². The van der Waals surface area contributed by atoms with Gasteiger partial charge in [-0.05, 0) is 36.5 Å². The Morgan fingerprint density at radius 3 is 2.84 bits per heavy atom. The van der Waals surface area contributed by atoms with Gasteiger partial charge in [-0.25, -0.2) is 9.59 Å². The Balaban J connectivity index is 1.32. The molecule has 1 aromatic rings. The smallest absolute Gasteiger partial charge is 0.410 e. The molecule has 204 valence electrons. The van der Waals surface area contributed by atoms with Crippen molar-refractivity contribution in [1.29, 1.82) is 0 Å². The summed E-state index contributed by atoms with van der Waals surface area (Å²) in [4.78, 5) is 54.6. The third-order valence-electron chi connectivity index (χ3n) is 7.75. The monoisotopic (exact) mass is 546 g/mol. The molecule has 3 aliphatic heterocycles. The largest absolute Gasteiger partial charge is 0.479 e. The number of carboxylic acids is 1. The van der Waals surface area contributed by atoms with E-state index in [9.17, 15) is 24.3 Å². The standard InChI is InChI=1S/C26H31ClN4O7/c27-19-6-1-4-15-12-30(14-18(15)19)25(36)38-17-10-21-22(32)29-26(24(34)35)11-16(26)5-2-8-37-9-3-7-20(28)23(33)31(21)13-17/h1-2,4-6,16-17,20-21H,3,7-14,28H2,(H,29,32)(H,34,35)/b5-2-/t16-,17-,20+,21+,26-/m1/s1. The van der Waals surface area contributed by atoms with Gasteiger partial charge in [0.05, 0.1) is 25.7 Å². The maximum Gasteiger partial charge on any atom is 0.410 e. The predicted octanol–water partition coefficient (Wildman–Crippen LogP) is 1.42. The molecule has 2 fully saturated rings. The van der Waals surface area contributed by atoms with E-state index in [-0.39, 0.29) is 25.3 Å².